The summed E-state index contributed by atoms with van der Waals surface area (Å²) in [5, 5.41) is 29.1. The molecule has 0 saturated carbocycles. The second kappa shape index (κ2) is 5.14. The molecule has 1 heterocycles. The number of aliphatic hydroxyl groups excluding tert-OH is 2. The third-order valence-corrected chi connectivity index (χ3v) is 1.76. The molecule has 0 bridgehead atoms. The van der Waals surface area contributed by atoms with Gasteiger partial charge < -0.3 is 21.3 Å². The molecule has 0 amide bonds. The first kappa shape index (κ1) is 11.2. The van der Waals surface area contributed by atoms with E-state index in [9.17, 15) is 0 Å². The van der Waals surface area contributed by atoms with Crippen molar-refractivity contribution in [2.75, 3.05) is 24.2 Å². The first-order chi connectivity index (χ1) is 7.17. The van der Waals surface area contributed by atoms with Crippen LogP contribution in [0, 0.1) is 11.3 Å². The topological polar surface area (TPSA) is 115 Å². The summed E-state index contributed by atoms with van der Waals surface area (Å²) in [5.74, 6) is 0.438. The molecule has 1 aromatic rings. The standard InChI is InChI=1S/C9H12N4O2/c10-3-8-7(11)1-2-9(13-8)12-4-6(15)5-14/h1-2,6,14-15H,4-5,11H2,(H,12,13). The van der Waals surface area contributed by atoms with Gasteiger partial charge in [0.2, 0.25) is 0 Å². The number of nitrogen functional groups attached to an aromatic ring is 1. The summed E-state index contributed by atoms with van der Waals surface area (Å²) < 4.78 is 0. The normalized spacial score (nSPS) is 11.8. The number of aromatic nitrogens is 1. The Morgan fingerprint density at radius 3 is 2.93 bits per heavy atom. The lowest BCUT2D eigenvalue weighted by atomic mass is 10.3. The van der Waals surface area contributed by atoms with Crippen molar-refractivity contribution in [3.8, 4) is 6.07 Å². The van der Waals surface area contributed by atoms with Crippen LogP contribution < -0.4 is 11.1 Å². The summed E-state index contributed by atoms with van der Waals surface area (Å²) in [4.78, 5) is 3.91. The Bertz CT molecular complexity index is 375. The van der Waals surface area contributed by atoms with E-state index in [4.69, 9.17) is 21.2 Å². The molecule has 0 radical (unpaired) electrons. The number of aliphatic hydroxyl groups is 2. The van der Waals surface area contributed by atoms with Crippen molar-refractivity contribution < 1.29 is 10.2 Å². The number of nitrogens with two attached hydrogens (primary N) is 1. The summed E-state index contributed by atoms with van der Waals surface area (Å²) in [6.45, 7) is -0.161. The van der Waals surface area contributed by atoms with Crippen LogP contribution in [0.3, 0.4) is 0 Å². The predicted octanol–water partition coefficient (Wildman–Crippen LogP) is -0.699. The maximum atomic E-state index is 9.07. The average Bonchev–Trinajstić information content (AvgIpc) is 2.27. The van der Waals surface area contributed by atoms with Crippen LogP contribution in [-0.4, -0.2) is 34.5 Å². The molecule has 0 spiro atoms. The highest BCUT2D eigenvalue weighted by Gasteiger charge is 2.04. The van der Waals surface area contributed by atoms with E-state index in [1.165, 1.54) is 0 Å². The summed E-state index contributed by atoms with van der Waals surface area (Å²) in [6.07, 6.45) is -0.852. The predicted molar refractivity (Wildman–Crippen MR) is 54.9 cm³/mol. The van der Waals surface area contributed by atoms with Crippen molar-refractivity contribution in [2.45, 2.75) is 6.10 Å². The minimum Gasteiger partial charge on any atom is -0.396 e. The molecule has 0 aliphatic carbocycles. The van der Waals surface area contributed by atoms with E-state index >= 15 is 0 Å². The van der Waals surface area contributed by atoms with Gasteiger partial charge in [0, 0.05) is 6.54 Å². The molecule has 1 rings (SSSR count). The molecule has 1 unspecified atom stereocenters. The minimum absolute atomic E-state index is 0.137. The molecule has 15 heavy (non-hydrogen) atoms. The summed E-state index contributed by atoms with van der Waals surface area (Å²) in [7, 11) is 0. The Kier molecular flexibility index (Phi) is 3.85. The molecule has 80 valence electrons. The summed E-state index contributed by atoms with van der Waals surface area (Å²) in [6, 6.07) is 5.00. The number of anilines is 2. The van der Waals surface area contributed by atoms with E-state index in [0.29, 0.717) is 11.5 Å². The molecular weight excluding hydrogens is 196 g/mol. The second-order valence-electron chi connectivity index (χ2n) is 2.96. The van der Waals surface area contributed by atoms with Gasteiger partial charge in [0.05, 0.1) is 18.4 Å². The fraction of sp³-hybridized carbons (Fsp3) is 0.333. The van der Waals surface area contributed by atoms with Crippen LogP contribution in [0.2, 0.25) is 0 Å². The van der Waals surface area contributed by atoms with Gasteiger partial charge in [0.1, 0.15) is 11.9 Å². The smallest absolute Gasteiger partial charge is 0.165 e. The highest BCUT2D eigenvalue weighted by atomic mass is 16.3. The lowest BCUT2D eigenvalue weighted by molar-refractivity contribution is 0.105. The molecule has 1 aromatic heterocycles. The van der Waals surface area contributed by atoms with Crippen molar-refractivity contribution in [1.29, 1.82) is 5.26 Å². The maximum absolute atomic E-state index is 9.07. The highest BCUT2D eigenvalue weighted by Crippen LogP contribution is 2.11. The molecule has 0 aliphatic heterocycles. The van der Waals surface area contributed by atoms with Gasteiger partial charge >= 0.3 is 0 Å². The van der Waals surface area contributed by atoms with E-state index in [0.717, 1.165) is 0 Å². The molecule has 6 heteroatoms. The second-order valence-corrected chi connectivity index (χ2v) is 2.96. The van der Waals surface area contributed by atoms with E-state index in [2.05, 4.69) is 10.3 Å². The lowest BCUT2D eigenvalue weighted by Gasteiger charge is -2.09. The van der Waals surface area contributed by atoms with Gasteiger partial charge in [0.15, 0.2) is 5.69 Å². The first-order valence-corrected chi connectivity index (χ1v) is 4.36. The quantitative estimate of drug-likeness (QED) is 0.520. The molecule has 0 aromatic carbocycles. The number of hydrogen-bond acceptors (Lipinski definition) is 6. The zero-order valence-electron chi connectivity index (χ0n) is 8.01. The van der Waals surface area contributed by atoms with Crippen LogP contribution in [-0.2, 0) is 0 Å². The number of pyridine rings is 1. The molecule has 1 atom stereocenters. The Morgan fingerprint density at radius 2 is 2.33 bits per heavy atom. The van der Waals surface area contributed by atoms with Gasteiger partial charge in [-0.25, -0.2) is 4.98 Å². The summed E-state index contributed by atoms with van der Waals surface area (Å²) >= 11 is 0. The molecule has 0 fully saturated rings. The van der Waals surface area contributed by atoms with Gasteiger partial charge in [-0.3, -0.25) is 0 Å². The maximum Gasteiger partial charge on any atom is 0.165 e. The van der Waals surface area contributed by atoms with Crippen LogP contribution in [0.15, 0.2) is 12.1 Å². The Balaban J connectivity index is 2.67. The number of nitriles is 1. The molecular formula is C9H12N4O2. The van der Waals surface area contributed by atoms with E-state index in [1.54, 1.807) is 12.1 Å². The number of nitrogens with zero attached hydrogens (tertiary/aromatic N) is 2. The van der Waals surface area contributed by atoms with Crippen molar-refractivity contribution in [1.82, 2.24) is 4.98 Å². The van der Waals surface area contributed by atoms with Gasteiger partial charge in [-0.05, 0) is 12.1 Å². The van der Waals surface area contributed by atoms with Crippen molar-refractivity contribution in [3.63, 3.8) is 0 Å². The fourth-order valence-corrected chi connectivity index (χ4v) is 0.945. The average molecular weight is 208 g/mol. The fourth-order valence-electron chi connectivity index (χ4n) is 0.945. The van der Waals surface area contributed by atoms with E-state index < -0.39 is 6.10 Å². The SMILES string of the molecule is N#Cc1nc(NCC(O)CO)ccc1N. The van der Waals surface area contributed by atoms with E-state index in [1.807, 2.05) is 6.07 Å². The molecule has 0 aliphatic rings. The monoisotopic (exact) mass is 208 g/mol. The van der Waals surface area contributed by atoms with Crippen LogP contribution in [0.5, 0.6) is 0 Å². The van der Waals surface area contributed by atoms with Crippen molar-refractivity contribution >= 4 is 11.5 Å². The Morgan fingerprint density at radius 1 is 1.60 bits per heavy atom. The molecule has 6 nitrogen and oxygen atoms in total. The minimum atomic E-state index is -0.852. The molecule has 5 N–H and O–H groups in total. The van der Waals surface area contributed by atoms with Crippen LogP contribution in [0.4, 0.5) is 11.5 Å². The Labute approximate surface area is 87.0 Å². The largest absolute Gasteiger partial charge is 0.396 e. The summed E-state index contributed by atoms with van der Waals surface area (Å²) in [5.41, 5.74) is 5.93. The zero-order valence-corrected chi connectivity index (χ0v) is 8.01. The number of hydrogen-bond donors (Lipinski definition) is 4. The van der Waals surface area contributed by atoms with Crippen LogP contribution in [0.1, 0.15) is 5.69 Å². The third kappa shape index (κ3) is 3.09. The Hall–Kier alpha value is -1.84. The number of nitrogens with one attached hydrogen (secondary N) is 1. The van der Waals surface area contributed by atoms with Gasteiger partial charge in [-0.2, -0.15) is 5.26 Å². The number of rotatable bonds is 4. The van der Waals surface area contributed by atoms with Crippen LogP contribution in [0.25, 0.3) is 0 Å². The first-order valence-electron chi connectivity index (χ1n) is 4.36. The van der Waals surface area contributed by atoms with Gasteiger partial charge in [-0.15, -0.1) is 0 Å². The van der Waals surface area contributed by atoms with Gasteiger partial charge in [-0.1, -0.05) is 0 Å². The lowest BCUT2D eigenvalue weighted by Crippen LogP contribution is -2.23. The van der Waals surface area contributed by atoms with Crippen LogP contribution >= 0.6 is 0 Å². The van der Waals surface area contributed by atoms with Gasteiger partial charge in [0.25, 0.3) is 0 Å². The highest BCUT2D eigenvalue weighted by molar-refractivity contribution is 5.54. The van der Waals surface area contributed by atoms with Crippen molar-refractivity contribution in [3.05, 3.63) is 17.8 Å². The van der Waals surface area contributed by atoms with E-state index in [-0.39, 0.29) is 18.8 Å². The third-order valence-electron chi connectivity index (χ3n) is 1.76. The zero-order chi connectivity index (χ0) is 11.3. The van der Waals surface area contributed by atoms with Crippen molar-refractivity contribution in [2.24, 2.45) is 0 Å². The molecule has 0 saturated heterocycles.